The van der Waals surface area contributed by atoms with Gasteiger partial charge in [0.15, 0.2) is 0 Å². The zero-order valence-corrected chi connectivity index (χ0v) is 13.9. The van der Waals surface area contributed by atoms with Gasteiger partial charge in [-0.05, 0) is 73.9 Å². The molecule has 2 rings (SSSR count). The van der Waals surface area contributed by atoms with Gasteiger partial charge in [0.25, 0.3) is 0 Å². The number of phenols is 1. The van der Waals surface area contributed by atoms with Gasteiger partial charge in [-0.25, -0.2) is 0 Å². The minimum atomic E-state index is 0.448. The molecule has 0 saturated heterocycles. The van der Waals surface area contributed by atoms with Crippen LogP contribution in [0.3, 0.4) is 0 Å². The Morgan fingerprint density at radius 2 is 1.62 bits per heavy atom. The summed E-state index contributed by atoms with van der Waals surface area (Å²) in [5.41, 5.74) is 8.14. The molecule has 0 radical (unpaired) electrons. The van der Waals surface area contributed by atoms with E-state index in [1.165, 1.54) is 28.7 Å². The second-order valence-corrected chi connectivity index (χ2v) is 6.10. The molecule has 0 heterocycles. The highest BCUT2D eigenvalue weighted by Crippen LogP contribution is 2.38. The zero-order chi connectivity index (χ0) is 15.6. The highest BCUT2D eigenvalue weighted by molar-refractivity contribution is 5.77. The lowest BCUT2D eigenvalue weighted by Crippen LogP contribution is -1.96. The predicted molar refractivity (Wildman–Crippen MR) is 91.1 cm³/mol. The van der Waals surface area contributed by atoms with Gasteiger partial charge < -0.3 is 5.11 Å². The Hall–Kier alpha value is -1.76. The molecule has 1 N–H and O–H groups in total. The highest BCUT2D eigenvalue weighted by atomic mass is 16.3. The second kappa shape index (κ2) is 6.34. The number of hydrogen-bond acceptors (Lipinski definition) is 1. The van der Waals surface area contributed by atoms with Crippen LogP contribution in [0, 0.1) is 27.7 Å². The average molecular weight is 282 g/mol. The van der Waals surface area contributed by atoms with Crippen LogP contribution in [0.15, 0.2) is 24.3 Å². The van der Waals surface area contributed by atoms with Gasteiger partial charge in [-0.15, -0.1) is 0 Å². The van der Waals surface area contributed by atoms with Crippen molar-refractivity contribution in [2.24, 2.45) is 0 Å². The quantitative estimate of drug-likeness (QED) is 0.770. The van der Waals surface area contributed by atoms with Crippen molar-refractivity contribution in [1.29, 1.82) is 0 Å². The molecule has 0 aliphatic rings. The maximum absolute atomic E-state index is 10.7. The normalized spacial score (nSPS) is 10.9. The van der Waals surface area contributed by atoms with Gasteiger partial charge in [0.05, 0.1) is 0 Å². The molecule has 2 aromatic rings. The number of hydrogen-bond donors (Lipinski definition) is 1. The molecule has 0 amide bonds. The maximum Gasteiger partial charge on any atom is 0.126 e. The molecule has 21 heavy (non-hydrogen) atoms. The SMILES string of the molecule is CCCCc1cc(C)c(C)c(O)c1-c1ccc(C)c(C)c1. The van der Waals surface area contributed by atoms with Crippen molar-refractivity contribution in [2.75, 3.05) is 0 Å². The standard InChI is InChI=1S/C20H26O/c1-6-7-8-17-12-15(4)16(5)20(21)19(17)18-10-9-13(2)14(3)11-18/h9-12,21H,6-8H2,1-5H3. The van der Waals surface area contributed by atoms with E-state index >= 15 is 0 Å². The molecule has 0 spiro atoms. The minimum absolute atomic E-state index is 0.448. The topological polar surface area (TPSA) is 20.2 Å². The molecule has 0 bridgehead atoms. The first-order valence-corrected chi connectivity index (χ1v) is 7.85. The highest BCUT2D eigenvalue weighted by Gasteiger charge is 2.15. The third-order valence-electron chi connectivity index (χ3n) is 4.49. The van der Waals surface area contributed by atoms with E-state index in [4.69, 9.17) is 0 Å². The van der Waals surface area contributed by atoms with Crippen molar-refractivity contribution < 1.29 is 5.11 Å². The van der Waals surface area contributed by atoms with Crippen molar-refractivity contribution in [3.8, 4) is 16.9 Å². The Morgan fingerprint density at radius 3 is 2.24 bits per heavy atom. The number of phenolic OH excluding ortho intramolecular Hbond substituents is 1. The fourth-order valence-electron chi connectivity index (χ4n) is 2.75. The summed E-state index contributed by atoms with van der Waals surface area (Å²) in [5, 5.41) is 10.7. The predicted octanol–water partition coefficient (Wildman–Crippen LogP) is 5.64. The third kappa shape index (κ3) is 3.12. The van der Waals surface area contributed by atoms with Gasteiger partial charge in [-0.3, -0.25) is 0 Å². The lowest BCUT2D eigenvalue weighted by Gasteiger charge is -2.17. The first kappa shape index (κ1) is 15.6. The molecular formula is C20H26O. The smallest absolute Gasteiger partial charge is 0.126 e. The summed E-state index contributed by atoms with van der Waals surface area (Å²) in [6, 6.07) is 8.70. The molecule has 0 fully saturated rings. The summed E-state index contributed by atoms with van der Waals surface area (Å²) in [6.07, 6.45) is 3.34. The van der Waals surface area contributed by atoms with Crippen LogP contribution in [0.25, 0.3) is 11.1 Å². The first-order chi connectivity index (χ1) is 9.95. The summed E-state index contributed by atoms with van der Waals surface area (Å²) in [6.45, 7) is 10.5. The number of aryl methyl sites for hydroxylation is 4. The fraction of sp³-hybridized carbons (Fsp3) is 0.400. The van der Waals surface area contributed by atoms with Crippen LogP contribution in [0.2, 0.25) is 0 Å². The van der Waals surface area contributed by atoms with E-state index in [1.54, 1.807) is 0 Å². The Labute approximate surface area is 128 Å². The van der Waals surface area contributed by atoms with E-state index in [0.29, 0.717) is 5.75 Å². The number of unbranched alkanes of at least 4 members (excludes halogenated alkanes) is 1. The minimum Gasteiger partial charge on any atom is -0.507 e. The number of benzene rings is 2. The van der Waals surface area contributed by atoms with Crippen LogP contribution in [0.5, 0.6) is 5.75 Å². The summed E-state index contributed by atoms with van der Waals surface area (Å²) < 4.78 is 0. The molecule has 0 aliphatic heterocycles. The largest absolute Gasteiger partial charge is 0.507 e. The number of rotatable bonds is 4. The van der Waals surface area contributed by atoms with E-state index in [2.05, 4.69) is 52.0 Å². The van der Waals surface area contributed by atoms with Crippen LogP contribution in [-0.4, -0.2) is 5.11 Å². The Balaban J connectivity index is 2.64. The van der Waals surface area contributed by atoms with E-state index in [9.17, 15) is 5.11 Å². The summed E-state index contributed by atoms with van der Waals surface area (Å²) in [4.78, 5) is 0. The molecule has 2 aromatic carbocycles. The first-order valence-electron chi connectivity index (χ1n) is 7.85. The van der Waals surface area contributed by atoms with Crippen molar-refractivity contribution in [3.63, 3.8) is 0 Å². The Kier molecular flexibility index (Phi) is 4.72. The Bertz CT molecular complexity index is 653. The molecule has 0 aromatic heterocycles. The summed E-state index contributed by atoms with van der Waals surface area (Å²) >= 11 is 0. The molecule has 0 aliphatic carbocycles. The van der Waals surface area contributed by atoms with Gasteiger partial charge in [0, 0.05) is 5.56 Å². The fourth-order valence-corrected chi connectivity index (χ4v) is 2.75. The van der Waals surface area contributed by atoms with Gasteiger partial charge in [-0.2, -0.15) is 0 Å². The van der Waals surface area contributed by atoms with Crippen molar-refractivity contribution in [2.45, 2.75) is 53.9 Å². The van der Waals surface area contributed by atoms with Gasteiger partial charge >= 0.3 is 0 Å². The van der Waals surface area contributed by atoms with Gasteiger partial charge in [0.2, 0.25) is 0 Å². The number of aromatic hydroxyl groups is 1. The average Bonchev–Trinajstić information content (AvgIpc) is 2.46. The van der Waals surface area contributed by atoms with E-state index in [1.807, 2.05) is 6.92 Å². The molecular weight excluding hydrogens is 256 g/mol. The van der Waals surface area contributed by atoms with Gasteiger partial charge in [0.1, 0.15) is 5.75 Å². The Morgan fingerprint density at radius 1 is 0.905 bits per heavy atom. The van der Waals surface area contributed by atoms with Crippen molar-refractivity contribution >= 4 is 0 Å². The molecule has 0 atom stereocenters. The van der Waals surface area contributed by atoms with Crippen molar-refractivity contribution in [3.05, 3.63) is 52.1 Å². The lowest BCUT2D eigenvalue weighted by molar-refractivity contribution is 0.471. The molecule has 112 valence electrons. The third-order valence-corrected chi connectivity index (χ3v) is 4.49. The summed E-state index contributed by atoms with van der Waals surface area (Å²) in [5.74, 6) is 0.448. The van der Waals surface area contributed by atoms with E-state index in [0.717, 1.165) is 29.5 Å². The maximum atomic E-state index is 10.7. The molecule has 1 nitrogen and oxygen atoms in total. The van der Waals surface area contributed by atoms with Crippen LogP contribution in [-0.2, 0) is 6.42 Å². The lowest BCUT2D eigenvalue weighted by atomic mass is 9.89. The summed E-state index contributed by atoms with van der Waals surface area (Å²) in [7, 11) is 0. The van der Waals surface area contributed by atoms with Gasteiger partial charge in [-0.1, -0.05) is 37.6 Å². The van der Waals surface area contributed by atoms with Crippen LogP contribution in [0.1, 0.15) is 47.6 Å². The van der Waals surface area contributed by atoms with Crippen LogP contribution < -0.4 is 0 Å². The molecule has 0 saturated carbocycles. The molecule has 1 heteroatoms. The van der Waals surface area contributed by atoms with Crippen molar-refractivity contribution in [1.82, 2.24) is 0 Å². The van der Waals surface area contributed by atoms with E-state index in [-0.39, 0.29) is 0 Å². The second-order valence-electron chi connectivity index (χ2n) is 6.10. The van der Waals surface area contributed by atoms with E-state index < -0.39 is 0 Å². The monoisotopic (exact) mass is 282 g/mol. The zero-order valence-electron chi connectivity index (χ0n) is 13.9. The molecule has 0 unspecified atom stereocenters. The van der Waals surface area contributed by atoms with Crippen LogP contribution >= 0.6 is 0 Å². The van der Waals surface area contributed by atoms with Crippen LogP contribution in [0.4, 0.5) is 0 Å².